The number of para-hydroxylation sites is 1. The topological polar surface area (TPSA) is 67.4 Å². The van der Waals surface area contributed by atoms with Crippen LogP contribution in [0.15, 0.2) is 109 Å². The Morgan fingerprint density at radius 2 is 1.42 bits per heavy atom. The molecule has 0 bridgehead atoms. The molecule has 0 aromatic heterocycles. The van der Waals surface area contributed by atoms with Gasteiger partial charge in [-0.2, -0.15) is 0 Å². The first-order valence-electron chi connectivity index (χ1n) is 11.8. The van der Waals surface area contributed by atoms with Gasteiger partial charge in [-0.3, -0.25) is 9.59 Å². The molecule has 0 saturated carbocycles. The number of methoxy groups -OCH3 is 1. The zero-order valence-electron chi connectivity index (χ0n) is 20.1. The zero-order chi connectivity index (χ0) is 25.2. The van der Waals surface area contributed by atoms with Crippen LogP contribution in [0.1, 0.15) is 27.0 Å². The van der Waals surface area contributed by atoms with E-state index in [0.717, 1.165) is 28.9 Å². The van der Waals surface area contributed by atoms with Crippen LogP contribution in [0.2, 0.25) is 0 Å². The quantitative estimate of drug-likeness (QED) is 0.235. The fourth-order valence-corrected chi connectivity index (χ4v) is 3.80. The molecule has 5 nitrogen and oxygen atoms in total. The first kappa shape index (κ1) is 24.5. The largest absolute Gasteiger partial charge is 0.497 e. The van der Waals surface area contributed by atoms with Crippen molar-refractivity contribution in [3.05, 3.63) is 131 Å². The average Bonchev–Trinajstić information content (AvgIpc) is 2.93. The van der Waals surface area contributed by atoms with Gasteiger partial charge in [0.05, 0.1) is 18.4 Å². The molecule has 5 heteroatoms. The van der Waals surface area contributed by atoms with Gasteiger partial charge in [0, 0.05) is 12.1 Å². The molecular weight excluding hydrogens is 448 g/mol. The Morgan fingerprint density at radius 3 is 2.11 bits per heavy atom. The molecule has 4 aromatic rings. The SMILES string of the molecule is COc1ccc(/C=C(/C(=O)Nc2ccccc2C(=O)NCCc2ccccc2)c2ccccc2)cc1. The van der Waals surface area contributed by atoms with Crippen LogP contribution in [-0.2, 0) is 11.2 Å². The highest BCUT2D eigenvalue weighted by Gasteiger charge is 2.17. The standard InChI is InChI=1S/C31H28N2O3/c1-36-26-18-16-24(17-19-26)22-28(25-12-6-3-7-13-25)31(35)33-29-15-9-8-14-27(29)30(34)32-21-20-23-10-4-2-5-11-23/h2-19,22H,20-21H2,1H3,(H,32,34)(H,33,35)/b28-22+. The Bertz CT molecular complexity index is 1330. The monoisotopic (exact) mass is 476 g/mol. The summed E-state index contributed by atoms with van der Waals surface area (Å²) in [5, 5.41) is 5.90. The van der Waals surface area contributed by atoms with Gasteiger partial charge < -0.3 is 15.4 Å². The number of anilines is 1. The van der Waals surface area contributed by atoms with Crippen molar-refractivity contribution in [2.45, 2.75) is 6.42 Å². The molecule has 2 amide bonds. The van der Waals surface area contributed by atoms with Crippen LogP contribution < -0.4 is 15.4 Å². The fraction of sp³-hybridized carbons (Fsp3) is 0.0968. The summed E-state index contributed by atoms with van der Waals surface area (Å²) >= 11 is 0. The third-order valence-corrected chi connectivity index (χ3v) is 5.72. The number of hydrogen-bond donors (Lipinski definition) is 2. The maximum atomic E-state index is 13.5. The highest BCUT2D eigenvalue weighted by atomic mass is 16.5. The van der Waals surface area contributed by atoms with Crippen molar-refractivity contribution in [1.82, 2.24) is 5.32 Å². The van der Waals surface area contributed by atoms with E-state index in [9.17, 15) is 9.59 Å². The van der Waals surface area contributed by atoms with Gasteiger partial charge >= 0.3 is 0 Å². The van der Waals surface area contributed by atoms with Gasteiger partial charge in [0.25, 0.3) is 11.8 Å². The Kier molecular flexibility index (Phi) is 8.28. The molecule has 0 saturated heterocycles. The van der Waals surface area contributed by atoms with E-state index >= 15 is 0 Å². The lowest BCUT2D eigenvalue weighted by atomic mass is 10.0. The van der Waals surface area contributed by atoms with Crippen molar-refractivity contribution in [3.63, 3.8) is 0 Å². The van der Waals surface area contributed by atoms with Crippen LogP contribution >= 0.6 is 0 Å². The molecule has 0 aliphatic carbocycles. The molecular formula is C31H28N2O3. The van der Waals surface area contributed by atoms with Crippen molar-refractivity contribution >= 4 is 29.2 Å². The van der Waals surface area contributed by atoms with Crippen molar-refractivity contribution in [2.24, 2.45) is 0 Å². The Morgan fingerprint density at radius 1 is 0.778 bits per heavy atom. The summed E-state index contributed by atoms with van der Waals surface area (Å²) in [6, 6.07) is 33.9. The molecule has 36 heavy (non-hydrogen) atoms. The fourth-order valence-electron chi connectivity index (χ4n) is 3.80. The van der Waals surface area contributed by atoms with E-state index in [1.165, 1.54) is 0 Å². The van der Waals surface area contributed by atoms with E-state index in [0.29, 0.717) is 23.4 Å². The summed E-state index contributed by atoms with van der Waals surface area (Å²) < 4.78 is 5.24. The minimum Gasteiger partial charge on any atom is -0.497 e. The molecule has 4 aromatic carbocycles. The Balaban J connectivity index is 1.53. The summed E-state index contributed by atoms with van der Waals surface area (Å²) in [7, 11) is 1.61. The molecule has 0 aliphatic rings. The summed E-state index contributed by atoms with van der Waals surface area (Å²) in [5.74, 6) is 0.203. The highest BCUT2D eigenvalue weighted by molar-refractivity contribution is 6.29. The van der Waals surface area contributed by atoms with E-state index < -0.39 is 0 Å². The molecule has 4 rings (SSSR count). The number of carbonyl (C=O) groups is 2. The van der Waals surface area contributed by atoms with Gasteiger partial charge in [-0.15, -0.1) is 0 Å². The highest BCUT2D eigenvalue weighted by Crippen LogP contribution is 2.23. The predicted molar refractivity (Wildman–Crippen MR) is 145 cm³/mol. The summed E-state index contributed by atoms with van der Waals surface area (Å²) in [6.07, 6.45) is 2.55. The van der Waals surface area contributed by atoms with Crippen LogP contribution in [0.4, 0.5) is 5.69 Å². The first-order chi connectivity index (χ1) is 17.6. The van der Waals surface area contributed by atoms with E-state index in [2.05, 4.69) is 10.6 Å². The summed E-state index contributed by atoms with van der Waals surface area (Å²) in [4.78, 5) is 26.4. The molecule has 2 N–H and O–H groups in total. The van der Waals surface area contributed by atoms with Crippen LogP contribution in [0.25, 0.3) is 11.6 Å². The number of amides is 2. The van der Waals surface area contributed by atoms with Gasteiger partial charge in [-0.05, 0) is 53.5 Å². The molecule has 0 unspecified atom stereocenters. The number of benzene rings is 4. The van der Waals surface area contributed by atoms with Gasteiger partial charge in [-0.1, -0.05) is 84.9 Å². The van der Waals surface area contributed by atoms with Crippen molar-refractivity contribution < 1.29 is 14.3 Å². The van der Waals surface area contributed by atoms with Crippen LogP contribution in [0.5, 0.6) is 5.75 Å². The third kappa shape index (κ3) is 6.48. The average molecular weight is 477 g/mol. The lowest BCUT2D eigenvalue weighted by molar-refractivity contribution is -0.111. The van der Waals surface area contributed by atoms with E-state index in [1.807, 2.05) is 91.0 Å². The normalized spacial score (nSPS) is 11.0. The third-order valence-electron chi connectivity index (χ3n) is 5.72. The number of hydrogen-bond acceptors (Lipinski definition) is 3. The second-order valence-corrected chi connectivity index (χ2v) is 8.19. The second kappa shape index (κ2) is 12.2. The Hall–Kier alpha value is -4.64. The first-order valence-corrected chi connectivity index (χ1v) is 11.8. The molecule has 0 atom stereocenters. The number of ether oxygens (including phenoxy) is 1. The maximum Gasteiger partial charge on any atom is 0.256 e. The minimum atomic E-state index is -0.304. The van der Waals surface area contributed by atoms with Crippen LogP contribution in [0, 0.1) is 0 Å². The van der Waals surface area contributed by atoms with Gasteiger partial charge in [0.1, 0.15) is 5.75 Å². The lowest BCUT2D eigenvalue weighted by Crippen LogP contribution is -2.27. The van der Waals surface area contributed by atoms with Crippen LogP contribution in [0.3, 0.4) is 0 Å². The molecule has 0 heterocycles. The summed E-state index contributed by atoms with van der Waals surface area (Å²) in [5.41, 5.74) is 4.13. The second-order valence-electron chi connectivity index (χ2n) is 8.19. The van der Waals surface area contributed by atoms with E-state index in [1.54, 1.807) is 31.4 Å². The Labute approximate surface area is 211 Å². The minimum absolute atomic E-state index is 0.234. The molecule has 0 aliphatic heterocycles. The van der Waals surface area contributed by atoms with E-state index in [4.69, 9.17) is 4.74 Å². The smallest absolute Gasteiger partial charge is 0.256 e. The van der Waals surface area contributed by atoms with Crippen LogP contribution in [-0.4, -0.2) is 25.5 Å². The molecule has 0 fully saturated rings. The van der Waals surface area contributed by atoms with E-state index in [-0.39, 0.29) is 11.8 Å². The lowest BCUT2D eigenvalue weighted by Gasteiger charge is -2.14. The molecule has 180 valence electrons. The van der Waals surface area contributed by atoms with Crippen molar-refractivity contribution in [2.75, 3.05) is 19.0 Å². The van der Waals surface area contributed by atoms with Gasteiger partial charge in [0.15, 0.2) is 0 Å². The summed E-state index contributed by atoms with van der Waals surface area (Å²) in [6.45, 7) is 0.498. The maximum absolute atomic E-state index is 13.5. The van der Waals surface area contributed by atoms with Crippen molar-refractivity contribution in [3.8, 4) is 5.75 Å². The molecule has 0 spiro atoms. The zero-order valence-corrected chi connectivity index (χ0v) is 20.1. The predicted octanol–water partition coefficient (Wildman–Crippen LogP) is 5.85. The van der Waals surface area contributed by atoms with Gasteiger partial charge in [0.2, 0.25) is 0 Å². The number of nitrogens with one attached hydrogen (secondary N) is 2. The molecule has 0 radical (unpaired) electrons. The number of rotatable bonds is 9. The van der Waals surface area contributed by atoms with Crippen molar-refractivity contribution in [1.29, 1.82) is 0 Å². The number of carbonyl (C=O) groups excluding carboxylic acids is 2. The van der Waals surface area contributed by atoms with Gasteiger partial charge in [-0.25, -0.2) is 0 Å².